The second kappa shape index (κ2) is 80.7. The Morgan fingerprint density at radius 2 is 0.430 bits per heavy atom. The first-order chi connectivity index (χ1) is 52.0. The number of carbonyl (C=O) groups excluding carboxylic acids is 4. The van der Waals surface area contributed by atoms with Crippen LogP contribution >= 0.6 is 15.6 Å². The van der Waals surface area contributed by atoms with Gasteiger partial charge in [-0.2, -0.15) is 0 Å². The highest BCUT2D eigenvalue weighted by Crippen LogP contribution is 2.45. The number of hydrogen-bond acceptors (Lipinski definition) is 15. The minimum Gasteiger partial charge on any atom is -0.462 e. The van der Waals surface area contributed by atoms with Gasteiger partial charge in [0, 0.05) is 25.7 Å². The molecule has 0 heterocycles. The van der Waals surface area contributed by atoms with Crippen LogP contribution in [0, 0.1) is 5.92 Å². The summed E-state index contributed by atoms with van der Waals surface area (Å²) in [5.74, 6) is -1.30. The van der Waals surface area contributed by atoms with Crippen LogP contribution in [0.4, 0.5) is 0 Å². The van der Waals surface area contributed by atoms with Gasteiger partial charge in [0.15, 0.2) is 12.2 Å². The molecular formula is C88H172O17P2. The zero-order valence-corrected chi connectivity index (χ0v) is 72.1. The first-order valence-corrected chi connectivity index (χ1v) is 48.6. The number of phosphoric ester groups is 2. The lowest BCUT2D eigenvalue weighted by atomic mass is 10.0. The Morgan fingerprint density at radius 1 is 0.252 bits per heavy atom. The van der Waals surface area contributed by atoms with Crippen molar-refractivity contribution in [2.75, 3.05) is 39.6 Å². The van der Waals surface area contributed by atoms with E-state index in [0.717, 1.165) is 95.8 Å². The van der Waals surface area contributed by atoms with Crippen LogP contribution < -0.4 is 0 Å². The maximum absolute atomic E-state index is 13.2. The molecule has 0 aromatic rings. The predicted molar refractivity (Wildman–Crippen MR) is 442 cm³/mol. The Labute approximate surface area is 658 Å². The Morgan fingerprint density at radius 3 is 0.636 bits per heavy atom. The number of ether oxygens (including phenoxy) is 4. The summed E-state index contributed by atoms with van der Waals surface area (Å²) in [5, 5.41) is 10.7. The van der Waals surface area contributed by atoms with Crippen molar-refractivity contribution < 1.29 is 80.2 Å². The van der Waals surface area contributed by atoms with Crippen molar-refractivity contribution in [3.63, 3.8) is 0 Å². The smallest absolute Gasteiger partial charge is 0.462 e. The van der Waals surface area contributed by atoms with E-state index in [1.54, 1.807) is 0 Å². The molecule has 636 valence electrons. The highest BCUT2D eigenvalue weighted by Gasteiger charge is 2.30. The molecule has 0 rings (SSSR count). The van der Waals surface area contributed by atoms with Gasteiger partial charge in [-0.3, -0.25) is 37.3 Å². The van der Waals surface area contributed by atoms with Crippen LogP contribution in [0.5, 0.6) is 0 Å². The van der Waals surface area contributed by atoms with Crippen LogP contribution in [0.15, 0.2) is 0 Å². The Balaban J connectivity index is 5.25. The number of hydrogen-bond donors (Lipinski definition) is 3. The van der Waals surface area contributed by atoms with E-state index in [2.05, 4.69) is 34.6 Å². The van der Waals surface area contributed by atoms with Gasteiger partial charge in [0.05, 0.1) is 26.4 Å². The van der Waals surface area contributed by atoms with Crippen molar-refractivity contribution in [2.24, 2.45) is 5.92 Å². The van der Waals surface area contributed by atoms with Crippen molar-refractivity contribution in [1.29, 1.82) is 0 Å². The second-order valence-corrected chi connectivity index (χ2v) is 35.0. The molecule has 19 heteroatoms. The van der Waals surface area contributed by atoms with Crippen LogP contribution in [-0.4, -0.2) is 96.7 Å². The average Bonchev–Trinajstić information content (AvgIpc) is 0.904. The lowest BCUT2D eigenvalue weighted by Crippen LogP contribution is -2.30. The SMILES string of the molecule is CCCCCCCCCCCCCCCCCCCCCCC(=O)O[C@H](COC(=O)CCCCCCCCCCCCCCCCCCCC)COP(=O)(O)OC[C@@H](O)COP(=O)(O)OC[C@@H](COC(=O)CCCCCCCCCCCCCC)OC(=O)CCCCCCCCCCCCCCCCC(C)C. The molecule has 0 fully saturated rings. The monoisotopic (exact) mass is 1560 g/mol. The zero-order chi connectivity index (χ0) is 78.3. The Hall–Kier alpha value is -1.94. The highest BCUT2D eigenvalue weighted by molar-refractivity contribution is 7.47. The van der Waals surface area contributed by atoms with Gasteiger partial charge in [-0.05, 0) is 31.6 Å². The topological polar surface area (TPSA) is 237 Å². The molecule has 0 amide bonds. The third-order valence-electron chi connectivity index (χ3n) is 20.8. The average molecular weight is 1560 g/mol. The lowest BCUT2D eigenvalue weighted by molar-refractivity contribution is -0.161. The molecule has 0 aliphatic heterocycles. The predicted octanol–water partition coefficient (Wildman–Crippen LogP) is 27.2. The minimum absolute atomic E-state index is 0.108. The van der Waals surface area contributed by atoms with Crippen LogP contribution in [0.2, 0.25) is 0 Å². The van der Waals surface area contributed by atoms with E-state index in [4.69, 9.17) is 37.0 Å². The molecule has 0 aromatic heterocycles. The van der Waals surface area contributed by atoms with Crippen LogP contribution in [-0.2, 0) is 65.4 Å². The molecule has 0 bridgehead atoms. The molecule has 0 spiro atoms. The van der Waals surface area contributed by atoms with Gasteiger partial charge in [-0.1, -0.05) is 426 Å². The van der Waals surface area contributed by atoms with Gasteiger partial charge in [-0.25, -0.2) is 9.13 Å². The summed E-state index contributed by atoms with van der Waals surface area (Å²) >= 11 is 0. The van der Waals surface area contributed by atoms with Gasteiger partial charge in [0.1, 0.15) is 19.3 Å². The van der Waals surface area contributed by atoms with Crippen LogP contribution in [0.25, 0.3) is 0 Å². The van der Waals surface area contributed by atoms with Crippen molar-refractivity contribution in [1.82, 2.24) is 0 Å². The zero-order valence-electron chi connectivity index (χ0n) is 70.3. The van der Waals surface area contributed by atoms with E-state index in [9.17, 15) is 43.2 Å². The van der Waals surface area contributed by atoms with E-state index in [-0.39, 0.29) is 25.7 Å². The van der Waals surface area contributed by atoms with E-state index < -0.39 is 97.5 Å². The number of esters is 4. The highest BCUT2D eigenvalue weighted by atomic mass is 31.2. The first kappa shape index (κ1) is 105. The summed E-state index contributed by atoms with van der Waals surface area (Å²) in [4.78, 5) is 73.3. The molecule has 0 aliphatic carbocycles. The standard InChI is InChI=1S/C88H172O17P2/c1-6-9-12-15-18-21-24-27-29-31-33-34-36-38-43-48-53-58-63-68-73-87(92)105-84(78-99-86(91)72-67-62-57-52-47-42-37-35-32-30-28-25-22-19-16-13-10-7-2)80-103-107(96,97)101-76-82(89)75-100-106(94,95)102-79-83(77-98-85(90)71-66-61-56-51-46-26-23-20-17-14-11-8-3)104-88(93)74-69-64-59-54-49-44-40-39-41-45-50-55-60-65-70-81(4)5/h81-84,89H,6-80H2,1-5H3,(H,94,95)(H,96,97)/t82-,83+,84+/m0/s1. The molecule has 0 saturated heterocycles. The molecule has 0 radical (unpaired) electrons. The van der Waals surface area contributed by atoms with Gasteiger partial charge < -0.3 is 33.8 Å². The Bertz CT molecular complexity index is 2030. The number of rotatable bonds is 88. The molecule has 5 atom stereocenters. The normalized spacial score (nSPS) is 13.7. The molecule has 0 aliphatic rings. The molecule has 3 N–H and O–H groups in total. The number of carbonyl (C=O) groups is 4. The number of aliphatic hydroxyl groups excluding tert-OH is 1. The molecule has 0 saturated carbocycles. The maximum atomic E-state index is 13.2. The fraction of sp³-hybridized carbons (Fsp3) is 0.955. The fourth-order valence-electron chi connectivity index (χ4n) is 13.8. The van der Waals surface area contributed by atoms with Gasteiger partial charge >= 0.3 is 39.5 Å². The van der Waals surface area contributed by atoms with Gasteiger partial charge in [0.25, 0.3) is 0 Å². The molecule has 0 aromatic carbocycles. The molecule has 107 heavy (non-hydrogen) atoms. The third-order valence-corrected chi connectivity index (χ3v) is 22.7. The quantitative estimate of drug-likeness (QED) is 0.0222. The Kier molecular flexibility index (Phi) is 79.2. The largest absolute Gasteiger partial charge is 0.472 e. The third kappa shape index (κ3) is 81.9. The fourth-order valence-corrected chi connectivity index (χ4v) is 15.4. The van der Waals surface area contributed by atoms with Gasteiger partial charge in [0.2, 0.25) is 0 Å². The molecule has 2 unspecified atom stereocenters. The molecule has 17 nitrogen and oxygen atoms in total. The van der Waals surface area contributed by atoms with Gasteiger partial charge in [-0.15, -0.1) is 0 Å². The minimum atomic E-state index is -4.97. The lowest BCUT2D eigenvalue weighted by Gasteiger charge is -2.21. The summed E-state index contributed by atoms with van der Waals surface area (Å²) in [6.07, 6.45) is 74.9. The van der Waals surface area contributed by atoms with E-state index >= 15 is 0 Å². The van der Waals surface area contributed by atoms with Crippen molar-refractivity contribution in [3.8, 4) is 0 Å². The van der Waals surface area contributed by atoms with Crippen LogP contribution in [0.3, 0.4) is 0 Å². The first-order valence-electron chi connectivity index (χ1n) is 45.6. The summed E-state index contributed by atoms with van der Waals surface area (Å²) in [7, 11) is -9.93. The van der Waals surface area contributed by atoms with Crippen LogP contribution in [0.1, 0.15) is 478 Å². The number of aliphatic hydroxyl groups is 1. The second-order valence-electron chi connectivity index (χ2n) is 32.1. The van der Waals surface area contributed by atoms with Crippen molar-refractivity contribution in [2.45, 2.75) is 496 Å². The maximum Gasteiger partial charge on any atom is 0.472 e. The van der Waals surface area contributed by atoms with Crippen molar-refractivity contribution >= 4 is 39.5 Å². The summed E-state index contributed by atoms with van der Waals surface area (Å²) in [5.41, 5.74) is 0. The van der Waals surface area contributed by atoms with Crippen molar-refractivity contribution in [3.05, 3.63) is 0 Å². The molecular weight excluding hydrogens is 1390 g/mol. The van der Waals surface area contributed by atoms with E-state index in [0.29, 0.717) is 25.7 Å². The van der Waals surface area contributed by atoms with E-state index in [1.165, 1.54) is 302 Å². The van der Waals surface area contributed by atoms with E-state index in [1.807, 2.05) is 0 Å². The number of phosphoric acid groups is 2. The number of unbranched alkanes of at least 4 members (excludes halogenated alkanes) is 60. The summed E-state index contributed by atoms with van der Waals surface area (Å²) in [6.45, 7) is 7.40. The summed E-state index contributed by atoms with van der Waals surface area (Å²) in [6, 6.07) is 0. The summed E-state index contributed by atoms with van der Waals surface area (Å²) < 4.78 is 69.0.